The summed E-state index contributed by atoms with van der Waals surface area (Å²) in [6.45, 7) is 0. The van der Waals surface area contributed by atoms with Gasteiger partial charge in [-0.1, -0.05) is 146 Å². The molecule has 13 rings (SSSR count). The molecule has 0 saturated heterocycles. The molecule has 0 amide bonds. The van der Waals surface area contributed by atoms with Crippen LogP contribution >= 0.6 is 0 Å². The zero-order valence-electron chi connectivity index (χ0n) is 34.7. The largest absolute Gasteiger partial charge is 0.455 e. The molecule has 4 heterocycles. The number of rotatable bonds is 6. The molecule has 0 atom stereocenters. The molecule has 9 aromatic carbocycles. The lowest BCUT2D eigenvalue weighted by Gasteiger charge is -2.14. The highest BCUT2D eigenvalue weighted by molar-refractivity contribution is 6.24. The summed E-state index contributed by atoms with van der Waals surface area (Å²) in [7, 11) is 0. The first kappa shape index (κ1) is 36.5. The van der Waals surface area contributed by atoms with Crippen LogP contribution in [0.3, 0.4) is 0 Å². The van der Waals surface area contributed by atoms with Crippen molar-refractivity contribution in [3.05, 3.63) is 212 Å². The zero-order valence-corrected chi connectivity index (χ0v) is 34.7. The fraction of sp³-hybridized carbons (Fsp3) is 0. The van der Waals surface area contributed by atoms with E-state index in [0.717, 1.165) is 105 Å². The normalized spacial score (nSPS) is 11.7. The topological polar surface area (TPSA) is 85.5 Å². The van der Waals surface area contributed by atoms with Gasteiger partial charge in [-0.05, 0) is 77.4 Å². The van der Waals surface area contributed by atoms with Gasteiger partial charge in [-0.3, -0.25) is 4.57 Å². The van der Waals surface area contributed by atoms with Gasteiger partial charge in [0.25, 0.3) is 0 Å². The van der Waals surface area contributed by atoms with Gasteiger partial charge >= 0.3 is 0 Å². The highest BCUT2D eigenvalue weighted by Crippen LogP contribution is 2.44. The molecule has 0 spiro atoms. The number of aromatic nitrogens is 5. The summed E-state index contributed by atoms with van der Waals surface area (Å²) in [6.07, 6.45) is 0. The van der Waals surface area contributed by atoms with Gasteiger partial charge < -0.3 is 8.98 Å². The van der Waals surface area contributed by atoms with Crippen LogP contribution in [0.15, 0.2) is 211 Å². The van der Waals surface area contributed by atoms with Crippen LogP contribution in [0.4, 0.5) is 0 Å². The Hall–Kier alpha value is -9.12. The molecule has 0 bridgehead atoms. The summed E-state index contributed by atoms with van der Waals surface area (Å²) in [5.41, 5.74) is 13.2. The van der Waals surface area contributed by atoms with Crippen LogP contribution in [0, 0.1) is 11.3 Å². The van der Waals surface area contributed by atoms with Crippen molar-refractivity contribution in [2.45, 2.75) is 0 Å². The number of hydrogen-bond acceptors (Lipinski definition) is 5. The zero-order chi connectivity index (χ0) is 43.0. The quantitative estimate of drug-likeness (QED) is 0.167. The Bertz CT molecular complexity index is 4060. The minimum atomic E-state index is 0.483. The van der Waals surface area contributed by atoms with Crippen LogP contribution in [-0.2, 0) is 0 Å². The van der Waals surface area contributed by atoms with Gasteiger partial charge in [-0.2, -0.15) is 15.2 Å². The molecule has 7 nitrogen and oxygen atoms in total. The molecule has 0 aliphatic rings. The van der Waals surface area contributed by atoms with Crippen molar-refractivity contribution in [2.75, 3.05) is 0 Å². The summed E-state index contributed by atoms with van der Waals surface area (Å²) in [4.78, 5) is 15.9. The average molecular weight is 831 g/mol. The van der Waals surface area contributed by atoms with Crippen molar-refractivity contribution < 1.29 is 4.42 Å². The number of benzene rings is 9. The van der Waals surface area contributed by atoms with E-state index < -0.39 is 0 Å². The van der Waals surface area contributed by atoms with Gasteiger partial charge in [-0.25, -0.2) is 4.98 Å². The smallest absolute Gasteiger partial charge is 0.238 e. The maximum Gasteiger partial charge on any atom is 0.238 e. The lowest BCUT2D eigenvalue weighted by Crippen LogP contribution is -2.07. The minimum Gasteiger partial charge on any atom is -0.455 e. The maximum absolute atomic E-state index is 9.69. The predicted octanol–water partition coefficient (Wildman–Crippen LogP) is 14.5. The summed E-state index contributed by atoms with van der Waals surface area (Å²) in [5, 5.41) is 16.2. The van der Waals surface area contributed by atoms with Crippen LogP contribution < -0.4 is 0 Å². The second-order valence-corrected chi connectivity index (χ2v) is 16.3. The van der Waals surface area contributed by atoms with Gasteiger partial charge in [-0.15, -0.1) is 0 Å². The molecule has 4 aromatic heterocycles. The van der Waals surface area contributed by atoms with Crippen molar-refractivity contribution in [3.8, 4) is 62.7 Å². The fourth-order valence-corrected chi connectivity index (χ4v) is 9.63. The van der Waals surface area contributed by atoms with E-state index in [1.807, 2.05) is 48.5 Å². The van der Waals surface area contributed by atoms with Crippen LogP contribution in [0.5, 0.6) is 0 Å². The average Bonchev–Trinajstić information content (AvgIpc) is 4.04. The van der Waals surface area contributed by atoms with E-state index in [1.54, 1.807) is 12.1 Å². The molecule has 7 heteroatoms. The van der Waals surface area contributed by atoms with Gasteiger partial charge in [0.1, 0.15) is 11.2 Å². The molecular weight excluding hydrogens is 797 g/mol. The van der Waals surface area contributed by atoms with Crippen LogP contribution in [0.25, 0.3) is 122 Å². The highest BCUT2D eigenvalue weighted by atomic mass is 16.3. The van der Waals surface area contributed by atoms with E-state index in [1.165, 1.54) is 0 Å². The molecule has 0 radical (unpaired) electrons. The monoisotopic (exact) mass is 830 g/mol. The summed E-state index contributed by atoms with van der Waals surface area (Å²) in [6, 6.07) is 73.3. The first-order valence-corrected chi connectivity index (χ1v) is 21.6. The maximum atomic E-state index is 9.69. The Labute approximate surface area is 372 Å². The number of furan rings is 1. The van der Waals surface area contributed by atoms with Crippen molar-refractivity contribution in [1.82, 2.24) is 24.1 Å². The molecule has 0 aliphatic heterocycles. The lowest BCUT2D eigenvalue weighted by atomic mass is 10.0. The Morgan fingerprint density at radius 3 is 1.68 bits per heavy atom. The predicted molar refractivity (Wildman–Crippen MR) is 262 cm³/mol. The van der Waals surface area contributed by atoms with Crippen molar-refractivity contribution in [3.63, 3.8) is 0 Å². The van der Waals surface area contributed by atoms with Crippen LogP contribution in [0.2, 0.25) is 0 Å². The van der Waals surface area contributed by atoms with Gasteiger partial charge in [0.2, 0.25) is 5.95 Å². The molecular formula is C58H34N6O. The molecule has 0 N–H and O–H groups in total. The first-order valence-electron chi connectivity index (χ1n) is 21.6. The fourth-order valence-electron chi connectivity index (χ4n) is 9.63. The molecule has 0 saturated carbocycles. The molecule has 0 aliphatic carbocycles. The number of fused-ring (bicyclic) bond motifs is 10. The Morgan fingerprint density at radius 1 is 0.400 bits per heavy atom. The SMILES string of the molecule is N#Cc1ccc(-c2nc(-c3cccc(-c4ccccc4)c3)nc(-n3c4ccccc4c4ccc5c6ccccc6n(-c6cc(-c7ccccc7)c7oc8ccccc8c7c6)c5c43)n2)cc1. The first-order chi connectivity index (χ1) is 32.2. The van der Waals surface area contributed by atoms with E-state index in [2.05, 4.69) is 161 Å². The summed E-state index contributed by atoms with van der Waals surface area (Å²) in [5.74, 6) is 1.52. The Balaban J connectivity index is 1.15. The van der Waals surface area contributed by atoms with E-state index in [-0.39, 0.29) is 0 Å². The van der Waals surface area contributed by atoms with Crippen molar-refractivity contribution in [2.24, 2.45) is 0 Å². The van der Waals surface area contributed by atoms with Crippen LogP contribution in [0.1, 0.15) is 5.56 Å². The minimum absolute atomic E-state index is 0.483. The van der Waals surface area contributed by atoms with E-state index in [0.29, 0.717) is 23.2 Å². The van der Waals surface area contributed by atoms with E-state index in [9.17, 15) is 5.26 Å². The number of nitrogens with zero attached hydrogens (tertiary/aromatic N) is 6. The highest BCUT2D eigenvalue weighted by Gasteiger charge is 2.25. The molecule has 302 valence electrons. The molecule has 0 fully saturated rings. The number of hydrogen-bond donors (Lipinski definition) is 0. The Morgan fingerprint density at radius 2 is 0.969 bits per heavy atom. The molecule has 65 heavy (non-hydrogen) atoms. The van der Waals surface area contributed by atoms with Gasteiger partial charge in [0.05, 0.1) is 33.7 Å². The van der Waals surface area contributed by atoms with E-state index >= 15 is 0 Å². The third-order valence-corrected chi connectivity index (χ3v) is 12.6. The van der Waals surface area contributed by atoms with E-state index in [4.69, 9.17) is 19.4 Å². The second-order valence-electron chi connectivity index (χ2n) is 16.3. The van der Waals surface area contributed by atoms with Crippen molar-refractivity contribution in [1.29, 1.82) is 5.26 Å². The summed E-state index contributed by atoms with van der Waals surface area (Å²) >= 11 is 0. The second kappa shape index (κ2) is 14.5. The Kier molecular flexibility index (Phi) is 8.14. The third-order valence-electron chi connectivity index (χ3n) is 12.6. The number of para-hydroxylation sites is 3. The van der Waals surface area contributed by atoms with Crippen LogP contribution in [-0.4, -0.2) is 24.1 Å². The lowest BCUT2D eigenvalue weighted by molar-refractivity contribution is 0.670. The number of nitriles is 1. The molecule has 13 aromatic rings. The van der Waals surface area contributed by atoms with Crippen molar-refractivity contribution >= 4 is 65.6 Å². The van der Waals surface area contributed by atoms with Gasteiger partial charge in [0.15, 0.2) is 11.6 Å². The third kappa shape index (κ3) is 5.78. The summed E-state index contributed by atoms with van der Waals surface area (Å²) < 4.78 is 11.3. The molecule has 0 unspecified atom stereocenters. The standard InChI is InChI=1S/C58H34N6O/c59-35-36-26-28-39(29-27-36)56-60-57(41-19-13-18-40(32-41)37-14-3-1-4-15-37)62-58(61-56)64-51-24-11-8-21-44(51)47-31-30-46-43-20-7-10-23-50(43)63(53(46)54(47)64)42-33-48(38-16-5-2-6-17-38)55-49(34-42)45-22-9-12-25-52(45)65-55/h1-34H. The van der Waals surface area contributed by atoms with Gasteiger partial charge in [0, 0.05) is 54.7 Å².